The van der Waals surface area contributed by atoms with Crippen molar-refractivity contribution >= 4 is 11.8 Å². The van der Waals surface area contributed by atoms with Crippen LogP contribution in [0.25, 0.3) is 11.1 Å². The largest absolute Gasteiger partial charge is 0.493 e. The van der Waals surface area contributed by atoms with E-state index in [9.17, 15) is 9.59 Å². The highest BCUT2D eigenvalue weighted by atomic mass is 16.6. The van der Waals surface area contributed by atoms with E-state index in [-0.39, 0.29) is 11.7 Å². The van der Waals surface area contributed by atoms with E-state index in [1.54, 1.807) is 27.0 Å². The second-order valence-electron chi connectivity index (χ2n) is 8.58. The van der Waals surface area contributed by atoms with Crippen LogP contribution in [0.2, 0.25) is 0 Å². The lowest BCUT2D eigenvalue weighted by atomic mass is 9.98. The standard InChI is InChI=1S/C25H30O6/c1-15(2)14-30-24(27)25(3,4)31-22-19(10-12-21(28-5)23(22)29-6)17-7-9-18-16(13-17)8-11-20(18)26/h7,9-10,12-13,15H,8,11,14H2,1-6H3. The van der Waals surface area contributed by atoms with Gasteiger partial charge >= 0.3 is 5.97 Å². The molecule has 0 aliphatic heterocycles. The van der Waals surface area contributed by atoms with Crippen molar-refractivity contribution < 1.29 is 28.5 Å². The van der Waals surface area contributed by atoms with Crippen LogP contribution in [0.1, 0.15) is 50.0 Å². The molecule has 0 saturated heterocycles. The van der Waals surface area contributed by atoms with E-state index in [2.05, 4.69) is 0 Å². The molecule has 0 amide bonds. The van der Waals surface area contributed by atoms with Gasteiger partial charge in [-0.15, -0.1) is 0 Å². The first kappa shape index (κ1) is 22.7. The van der Waals surface area contributed by atoms with Crippen molar-refractivity contribution in [3.05, 3.63) is 41.5 Å². The van der Waals surface area contributed by atoms with Crippen LogP contribution in [-0.4, -0.2) is 38.2 Å². The van der Waals surface area contributed by atoms with Gasteiger partial charge in [-0.1, -0.05) is 32.0 Å². The van der Waals surface area contributed by atoms with Crippen molar-refractivity contribution in [3.8, 4) is 28.4 Å². The number of benzene rings is 2. The summed E-state index contributed by atoms with van der Waals surface area (Å²) < 4.78 is 22.7. The molecule has 3 rings (SSSR count). The Hall–Kier alpha value is -3.02. The van der Waals surface area contributed by atoms with Gasteiger partial charge in [0.1, 0.15) is 0 Å². The van der Waals surface area contributed by atoms with Crippen LogP contribution >= 0.6 is 0 Å². The number of carbonyl (C=O) groups excluding carboxylic acids is 2. The molecule has 0 heterocycles. The van der Waals surface area contributed by atoms with E-state index in [1.165, 1.54) is 7.11 Å². The molecule has 0 atom stereocenters. The molecule has 0 radical (unpaired) electrons. The quantitative estimate of drug-likeness (QED) is 0.562. The summed E-state index contributed by atoms with van der Waals surface area (Å²) >= 11 is 0. The normalized spacial score (nSPS) is 13.2. The van der Waals surface area contributed by atoms with Gasteiger partial charge in [0.2, 0.25) is 5.75 Å². The van der Waals surface area contributed by atoms with Crippen LogP contribution in [0, 0.1) is 5.92 Å². The van der Waals surface area contributed by atoms with E-state index in [0.29, 0.717) is 30.3 Å². The second-order valence-corrected chi connectivity index (χ2v) is 8.58. The molecular weight excluding hydrogens is 396 g/mol. The summed E-state index contributed by atoms with van der Waals surface area (Å²) in [7, 11) is 3.07. The molecule has 2 aromatic carbocycles. The Balaban J connectivity index is 2.05. The molecular formula is C25H30O6. The minimum atomic E-state index is -1.25. The molecule has 0 aromatic heterocycles. The molecule has 0 spiro atoms. The molecule has 6 nitrogen and oxygen atoms in total. The van der Waals surface area contributed by atoms with Crippen LogP contribution in [0.3, 0.4) is 0 Å². The number of rotatable bonds is 8. The fourth-order valence-corrected chi connectivity index (χ4v) is 3.56. The van der Waals surface area contributed by atoms with E-state index < -0.39 is 11.6 Å². The Bertz CT molecular complexity index is 990. The lowest BCUT2D eigenvalue weighted by molar-refractivity contribution is -0.160. The summed E-state index contributed by atoms with van der Waals surface area (Å²) in [5, 5.41) is 0. The highest BCUT2D eigenvalue weighted by molar-refractivity contribution is 6.01. The monoisotopic (exact) mass is 426 g/mol. The summed E-state index contributed by atoms with van der Waals surface area (Å²) in [5.74, 6) is 1.19. The average Bonchev–Trinajstić information content (AvgIpc) is 3.11. The van der Waals surface area contributed by atoms with Gasteiger partial charge in [-0.25, -0.2) is 4.79 Å². The molecule has 0 N–H and O–H groups in total. The molecule has 1 aliphatic carbocycles. The molecule has 0 bridgehead atoms. The Morgan fingerprint density at radius 1 is 1.00 bits per heavy atom. The maximum absolute atomic E-state index is 12.7. The molecule has 1 aliphatic rings. The Morgan fingerprint density at radius 3 is 2.35 bits per heavy atom. The maximum Gasteiger partial charge on any atom is 0.349 e. The average molecular weight is 427 g/mol. The van der Waals surface area contributed by atoms with Gasteiger partial charge in [0.25, 0.3) is 0 Å². The third-order valence-electron chi connectivity index (χ3n) is 5.23. The number of carbonyl (C=O) groups is 2. The number of methoxy groups -OCH3 is 2. The molecule has 2 aromatic rings. The van der Waals surface area contributed by atoms with E-state index in [0.717, 1.165) is 28.7 Å². The lowest BCUT2D eigenvalue weighted by Crippen LogP contribution is -2.40. The first-order valence-electron chi connectivity index (χ1n) is 10.5. The number of Topliss-reactive ketones (excluding diaryl/α,β-unsaturated/α-hetero) is 1. The number of esters is 1. The fourth-order valence-electron chi connectivity index (χ4n) is 3.56. The van der Waals surface area contributed by atoms with Crippen LogP contribution in [0.5, 0.6) is 17.2 Å². The number of hydrogen-bond acceptors (Lipinski definition) is 6. The first-order valence-corrected chi connectivity index (χ1v) is 10.5. The minimum Gasteiger partial charge on any atom is -0.493 e. The van der Waals surface area contributed by atoms with Gasteiger partial charge in [-0.2, -0.15) is 0 Å². The SMILES string of the molecule is COc1ccc(-c2ccc3c(c2)CCC3=O)c(OC(C)(C)C(=O)OCC(C)C)c1OC. The van der Waals surface area contributed by atoms with Crippen molar-refractivity contribution in [2.75, 3.05) is 20.8 Å². The van der Waals surface area contributed by atoms with Crippen molar-refractivity contribution in [2.24, 2.45) is 5.92 Å². The molecule has 166 valence electrons. The predicted molar refractivity (Wildman–Crippen MR) is 118 cm³/mol. The molecule has 31 heavy (non-hydrogen) atoms. The third kappa shape index (κ3) is 4.68. The summed E-state index contributed by atoms with van der Waals surface area (Å²) in [5.41, 5.74) is 2.14. The zero-order valence-electron chi connectivity index (χ0n) is 19.0. The molecule has 0 saturated carbocycles. The van der Waals surface area contributed by atoms with E-state index >= 15 is 0 Å². The lowest BCUT2D eigenvalue weighted by Gasteiger charge is -2.28. The summed E-state index contributed by atoms with van der Waals surface area (Å²) in [6.07, 6.45) is 1.25. The molecule has 0 fully saturated rings. The number of fused-ring (bicyclic) bond motifs is 1. The predicted octanol–water partition coefficient (Wildman–Crippen LogP) is 4.86. The van der Waals surface area contributed by atoms with Crippen LogP contribution in [0.4, 0.5) is 0 Å². The van der Waals surface area contributed by atoms with Gasteiger partial charge in [0, 0.05) is 17.5 Å². The molecule has 0 unspecified atom stereocenters. The number of aryl methyl sites for hydroxylation is 1. The Morgan fingerprint density at radius 2 is 1.71 bits per heavy atom. The fraction of sp³-hybridized carbons (Fsp3) is 0.440. The zero-order valence-corrected chi connectivity index (χ0v) is 19.0. The number of hydrogen-bond donors (Lipinski definition) is 0. The van der Waals surface area contributed by atoms with Gasteiger partial charge in [-0.3, -0.25) is 4.79 Å². The van der Waals surface area contributed by atoms with Gasteiger partial charge < -0.3 is 18.9 Å². The Kier molecular flexibility index (Phi) is 6.58. The van der Waals surface area contributed by atoms with Crippen molar-refractivity contribution in [1.82, 2.24) is 0 Å². The van der Waals surface area contributed by atoms with E-state index in [4.69, 9.17) is 18.9 Å². The summed E-state index contributed by atoms with van der Waals surface area (Å²) in [6.45, 7) is 7.60. The highest BCUT2D eigenvalue weighted by Gasteiger charge is 2.35. The zero-order chi connectivity index (χ0) is 22.8. The second kappa shape index (κ2) is 9.00. The van der Waals surface area contributed by atoms with Crippen molar-refractivity contribution in [2.45, 2.75) is 46.1 Å². The van der Waals surface area contributed by atoms with Crippen LogP contribution < -0.4 is 14.2 Å². The summed E-state index contributed by atoms with van der Waals surface area (Å²) in [6, 6.07) is 9.40. The molecule has 6 heteroatoms. The topological polar surface area (TPSA) is 71.1 Å². The Labute approximate surface area is 183 Å². The summed E-state index contributed by atoms with van der Waals surface area (Å²) in [4.78, 5) is 24.7. The van der Waals surface area contributed by atoms with Crippen LogP contribution in [0.15, 0.2) is 30.3 Å². The van der Waals surface area contributed by atoms with Gasteiger partial charge in [-0.05, 0) is 49.4 Å². The number of ether oxygens (including phenoxy) is 4. The van der Waals surface area contributed by atoms with Gasteiger partial charge in [0.15, 0.2) is 22.9 Å². The third-order valence-corrected chi connectivity index (χ3v) is 5.23. The number of ketones is 1. The van der Waals surface area contributed by atoms with E-state index in [1.807, 2.05) is 38.1 Å². The first-order chi connectivity index (χ1) is 14.7. The minimum absolute atomic E-state index is 0.166. The van der Waals surface area contributed by atoms with Gasteiger partial charge in [0.05, 0.1) is 20.8 Å². The van der Waals surface area contributed by atoms with Crippen molar-refractivity contribution in [1.29, 1.82) is 0 Å². The smallest absolute Gasteiger partial charge is 0.349 e. The van der Waals surface area contributed by atoms with Crippen molar-refractivity contribution in [3.63, 3.8) is 0 Å². The van der Waals surface area contributed by atoms with Crippen LogP contribution in [-0.2, 0) is 16.0 Å². The highest BCUT2D eigenvalue weighted by Crippen LogP contribution is 2.46. The maximum atomic E-state index is 12.7.